The molecule has 1 saturated heterocycles. The Morgan fingerprint density at radius 3 is 3.19 bits per heavy atom. The van der Waals surface area contributed by atoms with Crippen molar-refractivity contribution in [1.29, 1.82) is 0 Å². The maximum absolute atomic E-state index is 11.7. The molecule has 1 aromatic heterocycles. The first kappa shape index (κ1) is 10.9. The summed E-state index contributed by atoms with van der Waals surface area (Å²) < 4.78 is 0. The van der Waals surface area contributed by atoms with Crippen molar-refractivity contribution in [1.82, 2.24) is 4.90 Å². The van der Waals surface area contributed by atoms with Gasteiger partial charge in [0.05, 0.1) is 6.54 Å². The summed E-state index contributed by atoms with van der Waals surface area (Å²) in [7, 11) is 0. The van der Waals surface area contributed by atoms with Gasteiger partial charge in [0.1, 0.15) is 5.84 Å². The SMILES string of the molecule is N/C(=N/O)[C@@H]1CC(=O)N(Cc2cccs2)C1. The van der Waals surface area contributed by atoms with Gasteiger partial charge in [0.25, 0.3) is 0 Å². The average Bonchev–Trinajstić information content (AvgIpc) is 2.89. The average molecular weight is 239 g/mol. The molecule has 5 nitrogen and oxygen atoms in total. The molecule has 16 heavy (non-hydrogen) atoms. The molecule has 3 N–H and O–H groups in total. The highest BCUT2D eigenvalue weighted by molar-refractivity contribution is 7.09. The third-order valence-corrected chi connectivity index (χ3v) is 3.54. The lowest BCUT2D eigenvalue weighted by atomic mass is 10.1. The van der Waals surface area contributed by atoms with Gasteiger partial charge in [-0.25, -0.2) is 0 Å². The van der Waals surface area contributed by atoms with Gasteiger partial charge in [-0.15, -0.1) is 11.3 Å². The second kappa shape index (κ2) is 4.52. The standard InChI is InChI=1S/C10H13N3O2S/c11-10(12-15)7-4-9(14)13(5-7)6-8-2-1-3-16-8/h1-3,7,15H,4-6H2,(H2,11,12)/t7-/m1/s1. The summed E-state index contributed by atoms with van der Waals surface area (Å²) in [6, 6.07) is 3.95. The first-order chi connectivity index (χ1) is 7.70. The van der Waals surface area contributed by atoms with Crippen LogP contribution in [0.15, 0.2) is 22.7 Å². The molecular weight excluding hydrogens is 226 g/mol. The van der Waals surface area contributed by atoms with E-state index in [1.54, 1.807) is 16.2 Å². The maximum atomic E-state index is 11.7. The zero-order valence-electron chi connectivity index (χ0n) is 8.67. The van der Waals surface area contributed by atoms with Crippen LogP contribution in [0.3, 0.4) is 0 Å². The number of likely N-dealkylation sites (tertiary alicyclic amines) is 1. The molecule has 6 heteroatoms. The first-order valence-corrected chi connectivity index (χ1v) is 5.86. The Morgan fingerprint density at radius 2 is 2.56 bits per heavy atom. The predicted octanol–water partition coefficient (Wildman–Crippen LogP) is 0.843. The topological polar surface area (TPSA) is 78.9 Å². The lowest BCUT2D eigenvalue weighted by molar-refractivity contribution is -0.128. The van der Waals surface area contributed by atoms with Crippen molar-refractivity contribution in [2.75, 3.05) is 6.54 Å². The summed E-state index contributed by atoms with van der Waals surface area (Å²) in [5, 5.41) is 13.5. The molecule has 0 aliphatic carbocycles. The number of nitrogens with zero attached hydrogens (tertiary/aromatic N) is 2. The molecule has 86 valence electrons. The minimum atomic E-state index is -0.155. The van der Waals surface area contributed by atoms with Gasteiger partial charge in [0.15, 0.2) is 0 Å². The smallest absolute Gasteiger partial charge is 0.223 e. The fraction of sp³-hybridized carbons (Fsp3) is 0.400. The first-order valence-electron chi connectivity index (χ1n) is 4.98. The quantitative estimate of drug-likeness (QED) is 0.355. The van der Waals surface area contributed by atoms with Crippen LogP contribution >= 0.6 is 11.3 Å². The normalized spacial score (nSPS) is 21.8. The summed E-state index contributed by atoms with van der Waals surface area (Å²) in [4.78, 5) is 14.6. The van der Waals surface area contributed by atoms with E-state index < -0.39 is 0 Å². The Labute approximate surface area is 97.2 Å². The number of amidine groups is 1. The summed E-state index contributed by atoms with van der Waals surface area (Å²) >= 11 is 1.62. The van der Waals surface area contributed by atoms with Gasteiger partial charge in [0.2, 0.25) is 5.91 Å². The fourth-order valence-corrected chi connectivity index (χ4v) is 2.51. The largest absolute Gasteiger partial charge is 0.409 e. The molecule has 0 aromatic carbocycles. The van der Waals surface area contributed by atoms with E-state index in [9.17, 15) is 4.79 Å². The van der Waals surface area contributed by atoms with Crippen molar-refractivity contribution < 1.29 is 10.0 Å². The van der Waals surface area contributed by atoms with Gasteiger partial charge < -0.3 is 15.8 Å². The second-order valence-electron chi connectivity index (χ2n) is 3.78. The zero-order chi connectivity index (χ0) is 11.5. The molecule has 1 amide bonds. The predicted molar refractivity (Wildman–Crippen MR) is 61.3 cm³/mol. The number of hydrogen-bond donors (Lipinski definition) is 2. The van der Waals surface area contributed by atoms with Crippen LogP contribution in [0.5, 0.6) is 0 Å². The molecule has 0 spiro atoms. The number of carbonyl (C=O) groups excluding carboxylic acids is 1. The minimum Gasteiger partial charge on any atom is -0.409 e. The lowest BCUT2D eigenvalue weighted by Gasteiger charge is -2.14. The van der Waals surface area contributed by atoms with Gasteiger partial charge in [-0.3, -0.25) is 4.79 Å². The van der Waals surface area contributed by atoms with Gasteiger partial charge in [-0.1, -0.05) is 11.2 Å². The van der Waals surface area contributed by atoms with Crippen LogP contribution in [-0.2, 0) is 11.3 Å². The molecule has 1 aliphatic rings. The highest BCUT2D eigenvalue weighted by Gasteiger charge is 2.32. The molecule has 0 radical (unpaired) electrons. The lowest BCUT2D eigenvalue weighted by Crippen LogP contribution is -2.28. The van der Waals surface area contributed by atoms with Crippen LogP contribution in [0, 0.1) is 5.92 Å². The van der Waals surface area contributed by atoms with Crippen LogP contribution < -0.4 is 5.73 Å². The molecule has 1 fully saturated rings. The summed E-state index contributed by atoms with van der Waals surface area (Å²) in [5.74, 6) is 0.0458. The Hall–Kier alpha value is -1.56. The second-order valence-corrected chi connectivity index (χ2v) is 4.81. The third kappa shape index (κ3) is 2.16. The Balaban J connectivity index is 2.00. The van der Waals surface area contributed by atoms with Crippen molar-refractivity contribution in [2.45, 2.75) is 13.0 Å². The number of amides is 1. The van der Waals surface area contributed by atoms with E-state index in [0.717, 1.165) is 4.88 Å². The van der Waals surface area contributed by atoms with Crippen molar-refractivity contribution in [3.05, 3.63) is 22.4 Å². The number of rotatable bonds is 3. The Bertz CT molecular complexity index is 402. The van der Waals surface area contributed by atoms with E-state index >= 15 is 0 Å². The monoisotopic (exact) mass is 239 g/mol. The third-order valence-electron chi connectivity index (χ3n) is 2.68. The highest BCUT2D eigenvalue weighted by atomic mass is 32.1. The fourth-order valence-electron chi connectivity index (χ4n) is 1.80. The van der Waals surface area contributed by atoms with E-state index in [4.69, 9.17) is 10.9 Å². The van der Waals surface area contributed by atoms with E-state index in [2.05, 4.69) is 5.16 Å². The zero-order valence-corrected chi connectivity index (χ0v) is 9.48. The minimum absolute atomic E-state index is 0.0602. The van der Waals surface area contributed by atoms with E-state index in [-0.39, 0.29) is 17.7 Å². The Morgan fingerprint density at radius 1 is 1.75 bits per heavy atom. The van der Waals surface area contributed by atoms with E-state index in [1.165, 1.54) is 0 Å². The molecule has 2 rings (SSSR count). The molecule has 0 bridgehead atoms. The van der Waals surface area contributed by atoms with Gasteiger partial charge in [0, 0.05) is 23.8 Å². The number of hydrogen-bond acceptors (Lipinski definition) is 4. The van der Waals surface area contributed by atoms with Crippen LogP contribution in [0.4, 0.5) is 0 Å². The van der Waals surface area contributed by atoms with Crippen molar-refractivity contribution in [2.24, 2.45) is 16.8 Å². The highest BCUT2D eigenvalue weighted by Crippen LogP contribution is 2.21. The number of thiophene rings is 1. The molecule has 1 atom stereocenters. The number of carbonyl (C=O) groups is 1. The maximum Gasteiger partial charge on any atom is 0.223 e. The van der Waals surface area contributed by atoms with Crippen LogP contribution in [0.25, 0.3) is 0 Å². The molecule has 1 aromatic rings. The molecule has 0 unspecified atom stereocenters. The summed E-state index contributed by atoms with van der Waals surface area (Å²) in [5.41, 5.74) is 5.50. The van der Waals surface area contributed by atoms with Gasteiger partial charge >= 0.3 is 0 Å². The summed E-state index contributed by atoms with van der Waals surface area (Å²) in [6.45, 7) is 1.15. The van der Waals surface area contributed by atoms with Crippen molar-refractivity contribution in [3.8, 4) is 0 Å². The molecular formula is C10H13N3O2S. The van der Waals surface area contributed by atoms with Crippen LogP contribution in [0.1, 0.15) is 11.3 Å². The number of nitrogens with two attached hydrogens (primary N) is 1. The number of oxime groups is 1. The van der Waals surface area contributed by atoms with Crippen molar-refractivity contribution in [3.63, 3.8) is 0 Å². The summed E-state index contributed by atoms with van der Waals surface area (Å²) in [6.07, 6.45) is 0.335. The van der Waals surface area contributed by atoms with Gasteiger partial charge in [-0.05, 0) is 11.4 Å². The van der Waals surface area contributed by atoms with Gasteiger partial charge in [-0.2, -0.15) is 0 Å². The van der Waals surface area contributed by atoms with E-state index in [0.29, 0.717) is 19.5 Å². The molecule has 2 heterocycles. The van der Waals surface area contributed by atoms with Crippen molar-refractivity contribution >= 4 is 23.1 Å². The van der Waals surface area contributed by atoms with Crippen LogP contribution in [0.2, 0.25) is 0 Å². The van der Waals surface area contributed by atoms with Crippen LogP contribution in [-0.4, -0.2) is 28.4 Å². The molecule has 0 saturated carbocycles. The Kier molecular flexibility index (Phi) is 3.09. The van der Waals surface area contributed by atoms with E-state index in [1.807, 2.05) is 17.5 Å². The molecule has 1 aliphatic heterocycles.